The molecule has 0 N–H and O–H groups in total. The zero-order valence-corrected chi connectivity index (χ0v) is 22.6. The Kier molecular flexibility index (Phi) is 6.01. The molecule has 0 amide bonds. The summed E-state index contributed by atoms with van der Waals surface area (Å²) in [5, 5.41) is 2.36. The Balaban J connectivity index is 1.35. The number of aryl methyl sites for hydroxylation is 3. The molecular formula is C36H28N4. The summed E-state index contributed by atoms with van der Waals surface area (Å²) in [6, 6.07) is 34.0. The van der Waals surface area contributed by atoms with Crippen molar-refractivity contribution in [3.8, 4) is 45.3 Å². The van der Waals surface area contributed by atoms with Crippen LogP contribution in [0, 0.1) is 13.8 Å². The second-order valence-corrected chi connectivity index (χ2v) is 10.4. The minimum atomic E-state index is 0.662. The molecule has 0 aliphatic heterocycles. The van der Waals surface area contributed by atoms with Crippen molar-refractivity contribution in [1.29, 1.82) is 0 Å². The molecule has 0 atom stereocenters. The first-order valence-corrected chi connectivity index (χ1v) is 13.7. The quantitative estimate of drug-likeness (QED) is 0.235. The van der Waals surface area contributed by atoms with Gasteiger partial charge in [-0.3, -0.25) is 4.98 Å². The van der Waals surface area contributed by atoms with E-state index in [-0.39, 0.29) is 0 Å². The predicted octanol–water partition coefficient (Wildman–Crippen LogP) is 8.66. The summed E-state index contributed by atoms with van der Waals surface area (Å²) >= 11 is 0. The molecule has 0 unspecified atom stereocenters. The standard InChI is InChI=1S/C36H28N4/c1-23-19-33(20-24(2)37-23)27-11-15-28(16-12-27)34-38-35(31-17-13-25-7-3-5-9-29(25)21-31)40-36(39-34)32-18-14-26-8-4-6-10-30(26)22-32/h3,5-7,9-22H,4,8H2,1-2H3. The molecule has 6 aromatic rings. The summed E-state index contributed by atoms with van der Waals surface area (Å²) < 4.78 is 0. The van der Waals surface area contributed by atoms with E-state index in [0.717, 1.165) is 57.4 Å². The van der Waals surface area contributed by atoms with Crippen molar-refractivity contribution in [3.05, 3.63) is 126 Å². The molecule has 40 heavy (non-hydrogen) atoms. The van der Waals surface area contributed by atoms with Crippen LogP contribution in [0.25, 0.3) is 62.1 Å². The van der Waals surface area contributed by atoms with Gasteiger partial charge in [0.1, 0.15) is 0 Å². The van der Waals surface area contributed by atoms with Crippen molar-refractivity contribution in [2.75, 3.05) is 0 Å². The van der Waals surface area contributed by atoms with Crippen LogP contribution in [0.2, 0.25) is 0 Å². The Morgan fingerprint density at radius 3 is 1.85 bits per heavy atom. The van der Waals surface area contributed by atoms with Gasteiger partial charge in [0.15, 0.2) is 17.5 Å². The lowest BCUT2D eigenvalue weighted by Gasteiger charge is -2.13. The van der Waals surface area contributed by atoms with Crippen molar-refractivity contribution in [2.24, 2.45) is 0 Å². The molecule has 7 rings (SSSR count). The topological polar surface area (TPSA) is 51.6 Å². The molecular weight excluding hydrogens is 488 g/mol. The maximum Gasteiger partial charge on any atom is 0.164 e. The largest absolute Gasteiger partial charge is 0.258 e. The zero-order valence-electron chi connectivity index (χ0n) is 22.6. The third kappa shape index (κ3) is 4.69. The number of nitrogens with zero attached hydrogens (tertiary/aromatic N) is 4. The van der Waals surface area contributed by atoms with Gasteiger partial charge in [0, 0.05) is 28.1 Å². The van der Waals surface area contributed by atoms with Gasteiger partial charge in [0.25, 0.3) is 0 Å². The van der Waals surface area contributed by atoms with Crippen LogP contribution in [0.5, 0.6) is 0 Å². The maximum atomic E-state index is 4.99. The number of pyridine rings is 1. The highest BCUT2D eigenvalue weighted by Gasteiger charge is 2.15. The number of hydrogen-bond donors (Lipinski definition) is 0. The molecule has 192 valence electrons. The van der Waals surface area contributed by atoms with Crippen molar-refractivity contribution < 1.29 is 0 Å². The fourth-order valence-electron chi connectivity index (χ4n) is 5.47. The molecule has 0 bridgehead atoms. The highest BCUT2D eigenvalue weighted by Crippen LogP contribution is 2.30. The predicted molar refractivity (Wildman–Crippen MR) is 164 cm³/mol. The van der Waals surface area contributed by atoms with Gasteiger partial charge in [-0.25, -0.2) is 15.0 Å². The molecule has 4 nitrogen and oxygen atoms in total. The van der Waals surface area contributed by atoms with E-state index >= 15 is 0 Å². The molecule has 4 aromatic carbocycles. The van der Waals surface area contributed by atoms with Crippen molar-refractivity contribution in [1.82, 2.24) is 19.9 Å². The van der Waals surface area contributed by atoms with Gasteiger partial charge >= 0.3 is 0 Å². The molecule has 0 spiro atoms. The number of rotatable bonds is 4. The van der Waals surface area contributed by atoms with Crippen LogP contribution in [0.15, 0.2) is 103 Å². The van der Waals surface area contributed by atoms with E-state index in [1.54, 1.807) is 0 Å². The number of allylic oxidation sites excluding steroid dienone is 1. The highest BCUT2D eigenvalue weighted by atomic mass is 15.0. The summed E-state index contributed by atoms with van der Waals surface area (Å²) in [4.78, 5) is 19.5. The van der Waals surface area contributed by atoms with Crippen LogP contribution in [0.4, 0.5) is 0 Å². The lowest BCUT2D eigenvalue weighted by molar-refractivity contribution is 0.985. The maximum absolute atomic E-state index is 4.99. The summed E-state index contributed by atoms with van der Waals surface area (Å²) in [5.74, 6) is 2.01. The van der Waals surface area contributed by atoms with Gasteiger partial charge in [0.05, 0.1) is 0 Å². The fourth-order valence-corrected chi connectivity index (χ4v) is 5.47. The molecule has 0 radical (unpaired) electrons. The third-order valence-electron chi connectivity index (χ3n) is 7.48. The molecule has 2 heterocycles. The van der Waals surface area contributed by atoms with Gasteiger partial charge < -0.3 is 0 Å². The average Bonchev–Trinajstić information content (AvgIpc) is 3.00. The molecule has 1 aliphatic carbocycles. The summed E-state index contributed by atoms with van der Waals surface area (Å²) in [5.41, 5.74) is 9.86. The Bertz CT molecular complexity index is 1900. The van der Waals surface area contributed by atoms with E-state index in [0.29, 0.717) is 17.5 Å². The first kappa shape index (κ1) is 24.1. The van der Waals surface area contributed by atoms with E-state index in [9.17, 15) is 0 Å². The third-order valence-corrected chi connectivity index (χ3v) is 7.48. The SMILES string of the molecule is Cc1cc(-c2ccc(-c3nc(-c4ccc5c(c4)C=CCC5)nc(-c4ccc5ccccc5c4)n3)cc2)cc(C)n1. The van der Waals surface area contributed by atoms with E-state index in [1.165, 1.54) is 16.5 Å². The lowest BCUT2D eigenvalue weighted by Crippen LogP contribution is -2.01. The summed E-state index contributed by atoms with van der Waals surface area (Å²) in [6.07, 6.45) is 6.59. The van der Waals surface area contributed by atoms with E-state index in [2.05, 4.69) is 114 Å². The molecule has 0 saturated carbocycles. The molecule has 4 heteroatoms. The second-order valence-electron chi connectivity index (χ2n) is 10.4. The first-order chi connectivity index (χ1) is 19.6. The van der Waals surface area contributed by atoms with Crippen LogP contribution < -0.4 is 0 Å². The van der Waals surface area contributed by atoms with E-state index in [4.69, 9.17) is 15.0 Å². The van der Waals surface area contributed by atoms with Crippen LogP contribution in [-0.4, -0.2) is 19.9 Å². The first-order valence-electron chi connectivity index (χ1n) is 13.7. The smallest absolute Gasteiger partial charge is 0.164 e. The van der Waals surface area contributed by atoms with Crippen molar-refractivity contribution in [3.63, 3.8) is 0 Å². The van der Waals surface area contributed by atoms with Crippen LogP contribution >= 0.6 is 0 Å². The number of fused-ring (bicyclic) bond motifs is 2. The summed E-state index contributed by atoms with van der Waals surface area (Å²) in [6.45, 7) is 4.06. The Morgan fingerprint density at radius 1 is 0.500 bits per heavy atom. The van der Waals surface area contributed by atoms with Gasteiger partial charge in [-0.1, -0.05) is 84.9 Å². The Labute approximate surface area is 234 Å². The number of hydrogen-bond acceptors (Lipinski definition) is 4. The van der Waals surface area contributed by atoms with Crippen LogP contribution in [-0.2, 0) is 6.42 Å². The van der Waals surface area contributed by atoms with Gasteiger partial charge in [-0.15, -0.1) is 0 Å². The minimum Gasteiger partial charge on any atom is -0.258 e. The molecule has 0 saturated heterocycles. The van der Waals surface area contributed by atoms with Crippen LogP contribution in [0.3, 0.4) is 0 Å². The summed E-state index contributed by atoms with van der Waals surface area (Å²) in [7, 11) is 0. The van der Waals surface area contributed by atoms with Gasteiger partial charge in [-0.2, -0.15) is 0 Å². The minimum absolute atomic E-state index is 0.662. The van der Waals surface area contributed by atoms with E-state index < -0.39 is 0 Å². The molecule has 1 aliphatic rings. The Hall–Kier alpha value is -4.96. The van der Waals surface area contributed by atoms with Crippen molar-refractivity contribution in [2.45, 2.75) is 26.7 Å². The normalized spacial score (nSPS) is 12.4. The zero-order chi connectivity index (χ0) is 27.1. The second kappa shape index (κ2) is 9.97. The fraction of sp³-hybridized carbons (Fsp3) is 0.111. The number of aromatic nitrogens is 4. The monoisotopic (exact) mass is 516 g/mol. The number of benzene rings is 4. The molecule has 0 fully saturated rings. The highest BCUT2D eigenvalue weighted by molar-refractivity contribution is 5.86. The van der Waals surface area contributed by atoms with Crippen molar-refractivity contribution >= 4 is 16.8 Å². The van der Waals surface area contributed by atoms with E-state index in [1.807, 2.05) is 13.8 Å². The molecule has 2 aromatic heterocycles. The Morgan fingerprint density at radius 2 is 1.10 bits per heavy atom. The van der Waals surface area contributed by atoms with Gasteiger partial charge in [-0.05, 0) is 84.0 Å². The van der Waals surface area contributed by atoms with Crippen LogP contribution in [0.1, 0.15) is 28.9 Å². The van der Waals surface area contributed by atoms with Gasteiger partial charge in [0.2, 0.25) is 0 Å². The average molecular weight is 517 g/mol. The lowest BCUT2D eigenvalue weighted by atomic mass is 9.95.